The van der Waals surface area contributed by atoms with Gasteiger partial charge in [0.25, 0.3) is 5.91 Å². The van der Waals surface area contributed by atoms with Crippen LogP contribution in [0.4, 0.5) is 0 Å². The van der Waals surface area contributed by atoms with Crippen LogP contribution in [0.3, 0.4) is 0 Å². The van der Waals surface area contributed by atoms with Crippen molar-refractivity contribution in [3.05, 3.63) is 66.0 Å². The number of hydrogen-bond donors (Lipinski definition) is 1. The monoisotopic (exact) mass is 311 g/mol. The fraction of sp³-hybridized carbons (Fsp3) is 0.278. The summed E-state index contributed by atoms with van der Waals surface area (Å²) >= 11 is 0. The molecule has 0 aliphatic heterocycles. The highest BCUT2D eigenvalue weighted by Gasteiger charge is 2.18. The van der Waals surface area contributed by atoms with Crippen LogP contribution in [-0.4, -0.2) is 34.3 Å². The van der Waals surface area contributed by atoms with Gasteiger partial charge in [-0.1, -0.05) is 30.3 Å². The quantitative estimate of drug-likeness (QED) is 0.890. The van der Waals surface area contributed by atoms with Crippen LogP contribution < -0.4 is 5.32 Å². The van der Waals surface area contributed by atoms with E-state index < -0.39 is 0 Å². The van der Waals surface area contributed by atoms with Gasteiger partial charge in [0.05, 0.1) is 12.1 Å². The first-order chi connectivity index (χ1) is 11.1. The van der Waals surface area contributed by atoms with E-state index in [0.29, 0.717) is 12.1 Å². The SMILES string of the molecule is CC(C)N(Cc1ccccc1)C(=O)CNC(=O)c1cccnc1. The lowest BCUT2D eigenvalue weighted by Crippen LogP contribution is -2.43. The molecule has 0 fully saturated rings. The second kappa shape index (κ2) is 8.08. The first kappa shape index (κ1) is 16.7. The predicted molar refractivity (Wildman–Crippen MR) is 88.7 cm³/mol. The Morgan fingerprint density at radius 2 is 1.87 bits per heavy atom. The van der Waals surface area contributed by atoms with Gasteiger partial charge in [0, 0.05) is 25.0 Å². The maximum Gasteiger partial charge on any atom is 0.253 e. The topological polar surface area (TPSA) is 62.3 Å². The highest BCUT2D eigenvalue weighted by Crippen LogP contribution is 2.08. The standard InChI is InChI=1S/C18H21N3O2/c1-14(2)21(13-15-7-4-3-5-8-15)17(22)12-20-18(23)16-9-6-10-19-11-16/h3-11,14H,12-13H2,1-2H3,(H,20,23). The van der Waals surface area contributed by atoms with E-state index in [4.69, 9.17) is 0 Å². The van der Waals surface area contributed by atoms with E-state index in [-0.39, 0.29) is 24.4 Å². The number of carbonyl (C=O) groups excluding carboxylic acids is 2. The molecule has 5 heteroatoms. The molecule has 0 spiro atoms. The molecule has 1 aromatic carbocycles. The molecule has 0 aliphatic rings. The van der Waals surface area contributed by atoms with Crippen molar-refractivity contribution in [3.8, 4) is 0 Å². The molecular formula is C18H21N3O2. The highest BCUT2D eigenvalue weighted by atomic mass is 16.2. The van der Waals surface area contributed by atoms with Gasteiger partial charge in [-0.25, -0.2) is 0 Å². The Labute approximate surface area is 136 Å². The van der Waals surface area contributed by atoms with Crippen LogP contribution in [0.15, 0.2) is 54.9 Å². The lowest BCUT2D eigenvalue weighted by molar-refractivity contribution is -0.132. The number of nitrogens with zero attached hydrogens (tertiary/aromatic N) is 2. The van der Waals surface area contributed by atoms with Crippen molar-refractivity contribution in [2.75, 3.05) is 6.54 Å². The zero-order valence-electron chi connectivity index (χ0n) is 13.4. The third kappa shape index (κ3) is 4.92. The number of hydrogen-bond acceptors (Lipinski definition) is 3. The van der Waals surface area contributed by atoms with E-state index in [9.17, 15) is 9.59 Å². The fourth-order valence-electron chi connectivity index (χ4n) is 2.20. The van der Waals surface area contributed by atoms with E-state index in [1.165, 1.54) is 6.20 Å². The predicted octanol–water partition coefficient (Wildman–Crippen LogP) is 2.25. The summed E-state index contributed by atoms with van der Waals surface area (Å²) in [4.78, 5) is 30.0. The van der Waals surface area contributed by atoms with Gasteiger partial charge < -0.3 is 10.2 Å². The largest absolute Gasteiger partial charge is 0.343 e. The number of amides is 2. The molecule has 1 heterocycles. The fourth-order valence-corrected chi connectivity index (χ4v) is 2.20. The van der Waals surface area contributed by atoms with Crippen LogP contribution in [0, 0.1) is 0 Å². The molecule has 1 aromatic heterocycles. The van der Waals surface area contributed by atoms with Crippen molar-refractivity contribution >= 4 is 11.8 Å². The molecule has 0 atom stereocenters. The van der Waals surface area contributed by atoms with Gasteiger partial charge >= 0.3 is 0 Å². The summed E-state index contributed by atoms with van der Waals surface area (Å²) in [6, 6.07) is 13.2. The minimum atomic E-state index is -0.296. The first-order valence-corrected chi connectivity index (χ1v) is 7.59. The molecular weight excluding hydrogens is 290 g/mol. The van der Waals surface area contributed by atoms with Gasteiger partial charge in [0.2, 0.25) is 5.91 Å². The van der Waals surface area contributed by atoms with Crippen LogP contribution in [0.5, 0.6) is 0 Å². The molecule has 0 bridgehead atoms. The van der Waals surface area contributed by atoms with Gasteiger partial charge in [-0.15, -0.1) is 0 Å². The summed E-state index contributed by atoms with van der Waals surface area (Å²) in [5.74, 6) is -0.407. The number of rotatable bonds is 6. The molecule has 0 saturated heterocycles. The van der Waals surface area contributed by atoms with Crippen LogP contribution in [0.2, 0.25) is 0 Å². The van der Waals surface area contributed by atoms with Gasteiger partial charge in [-0.2, -0.15) is 0 Å². The second-order valence-corrected chi connectivity index (χ2v) is 5.53. The number of aromatic nitrogens is 1. The molecule has 0 radical (unpaired) electrons. The molecule has 23 heavy (non-hydrogen) atoms. The van der Waals surface area contributed by atoms with Crippen molar-refractivity contribution in [1.29, 1.82) is 0 Å². The lowest BCUT2D eigenvalue weighted by Gasteiger charge is -2.27. The van der Waals surface area contributed by atoms with Crippen molar-refractivity contribution in [2.45, 2.75) is 26.4 Å². The Kier molecular flexibility index (Phi) is 5.86. The number of nitrogens with one attached hydrogen (secondary N) is 1. The van der Waals surface area contributed by atoms with E-state index in [1.54, 1.807) is 23.2 Å². The van der Waals surface area contributed by atoms with Crippen LogP contribution in [-0.2, 0) is 11.3 Å². The van der Waals surface area contributed by atoms with E-state index >= 15 is 0 Å². The highest BCUT2D eigenvalue weighted by molar-refractivity contribution is 5.96. The van der Waals surface area contributed by atoms with Crippen LogP contribution in [0.25, 0.3) is 0 Å². The van der Waals surface area contributed by atoms with E-state index in [0.717, 1.165) is 5.56 Å². The van der Waals surface area contributed by atoms with Gasteiger partial charge in [-0.05, 0) is 31.5 Å². The zero-order chi connectivity index (χ0) is 16.7. The van der Waals surface area contributed by atoms with E-state index in [1.807, 2.05) is 44.2 Å². The Hall–Kier alpha value is -2.69. The molecule has 2 amide bonds. The molecule has 0 unspecified atom stereocenters. The van der Waals surface area contributed by atoms with Crippen molar-refractivity contribution < 1.29 is 9.59 Å². The number of pyridine rings is 1. The number of carbonyl (C=O) groups is 2. The van der Waals surface area contributed by atoms with Crippen molar-refractivity contribution in [1.82, 2.24) is 15.2 Å². The first-order valence-electron chi connectivity index (χ1n) is 7.59. The Bertz CT molecular complexity index is 642. The third-order valence-electron chi connectivity index (χ3n) is 3.46. The lowest BCUT2D eigenvalue weighted by atomic mass is 10.2. The Balaban J connectivity index is 1.95. The summed E-state index contributed by atoms with van der Waals surface area (Å²) in [6.07, 6.45) is 3.08. The number of benzene rings is 1. The average Bonchev–Trinajstić information content (AvgIpc) is 2.58. The zero-order valence-corrected chi connectivity index (χ0v) is 13.4. The average molecular weight is 311 g/mol. The van der Waals surface area contributed by atoms with E-state index in [2.05, 4.69) is 10.3 Å². The maximum atomic E-state index is 12.4. The summed E-state index contributed by atoms with van der Waals surface area (Å²) < 4.78 is 0. The third-order valence-corrected chi connectivity index (χ3v) is 3.46. The van der Waals surface area contributed by atoms with Crippen LogP contribution >= 0.6 is 0 Å². The summed E-state index contributed by atoms with van der Waals surface area (Å²) in [6.45, 7) is 4.42. The van der Waals surface area contributed by atoms with Crippen molar-refractivity contribution in [3.63, 3.8) is 0 Å². The maximum absolute atomic E-state index is 12.4. The summed E-state index contributed by atoms with van der Waals surface area (Å²) in [5, 5.41) is 2.65. The smallest absolute Gasteiger partial charge is 0.253 e. The molecule has 5 nitrogen and oxygen atoms in total. The van der Waals surface area contributed by atoms with Gasteiger partial charge in [0.15, 0.2) is 0 Å². The molecule has 0 aliphatic carbocycles. The second-order valence-electron chi connectivity index (χ2n) is 5.53. The molecule has 0 saturated carbocycles. The van der Waals surface area contributed by atoms with Gasteiger partial charge in [0.1, 0.15) is 0 Å². The molecule has 1 N–H and O–H groups in total. The Morgan fingerprint density at radius 1 is 1.13 bits per heavy atom. The minimum absolute atomic E-state index is 0.0290. The normalized spacial score (nSPS) is 10.4. The summed E-state index contributed by atoms with van der Waals surface area (Å²) in [5.41, 5.74) is 1.51. The molecule has 2 rings (SSSR count). The molecule has 120 valence electrons. The van der Waals surface area contributed by atoms with Gasteiger partial charge in [-0.3, -0.25) is 14.6 Å². The van der Waals surface area contributed by atoms with Crippen molar-refractivity contribution in [2.24, 2.45) is 0 Å². The summed E-state index contributed by atoms with van der Waals surface area (Å²) in [7, 11) is 0. The molecule has 2 aromatic rings. The minimum Gasteiger partial charge on any atom is -0.343 e. The van der Waals surface area contributed by atoms with Crippen LogP contribution in [0.1, 0.15) is 29.8 Å². The Morgan fingerprint density at radius 3 is 2.48 bits per heavy atom.